The normalized spacial score (nSPS) is 14.2. The van der Waals surface area contributed by atoms with Gasteiger partial charge >= 0.3 is 0 Å². The zero-order valence-corrected chi connectivity index (χ0v) is 14.3. The third-order valence-electron chi connectivity index (χ3n) is 3.91. The van der Waals surface area contributed by atoms with E-state index >= 15 is 0 Å². The molecule has 2 heterocycles. The summed E-state index contributed by atoms with van der Waals surface area (Å²) in [6, 6.07) is 6.84. The number of nitrogens with one attached hydrogen (secondary N) is 1. The van der Waals surface area contributed by atoms with Crippen LogP contribution in [0.3, 0.4) is 0 Å². The van der Waals surface area contributed by atoms with Crippen molar-refractivity contribution in [3.63, 3.8) is 0 Å². The largest absolute Gasteiger partial charge is 0.353 e. The molecule has 7 heteroatoms. The van der Waals surface area contributed by atoms with E-state index in [0.717, 1.165) is 27.5 Å². The van der Waals surface area contributed by atoms with E-state index in [-0.39, 0.29) is 0 Å². The van der Waals surface area contributed by atoms with E-state index in [4.69, 9.17) is 5.14 Å². The van der Waals surface area contributed by atoms with Crippen LogP contribution in [0, 0.1) is 6.92 Å². The summed E-state index contributed by atoms with van der Waals surface area (Å²) in [4.78, 5) is 6.54. The fourth-order valence-electron chi connectivity index (χ4n) is 2.55. The average Bonchev–Trinajstić information content (AvgIpc) is 3.17. The van der Waals surface area contributed by atoms with Gasteiger partial charge in [-0.2, -0.15) is 5.10 Å². The first kappa shape index (κ1) is 14.7. The van der Waals surface area contributed by atoms with Gasteiger partial charge in [-0.05, 0) is 43.8 Å². The minimum Gasteiger partial charge on any atom is -0.353 e. The van der Waals surface area contributed by atoms with Crippen molar-refractivity contribution in [3.8, 4) is 10.4 Å². The van der Waals surface area contributed by atoms with Gasteiger partial charge in [-0.25, -0.2) is 4.98 Å². The standard InChI is InChI=1S/C16H17N5S2/c1-10-16(22-9-18-10)14-5-2-11(6-15(14)23-17)20-12-7-19-21(8-12)13-3-4-13/h2,5-9,13,20H,3-4,17H2,1H3. The lowest BCUT2D eigenvalue weighted by atomic mass is 10.1. The number of nitrogens with two attached hydrogens (primary N) is 1. The monoisotopic (exact) mass is 343 g/mol. The summed E-state index contributed by atoms with van der Waals surface area (Å²) in [5.41, 5.74) is 6.06. The molecule has 1 aromatic carbocycles. The lowest BCUT2D eigenvalue weighted by Gasteiger charge is -2.10. The molecular formula is C16H17N5S2. The number of nitrogens with zero attached hydrogens (tertiary/aromatic N) is 3. The molecule has 118 valence electrons. The Bertz CT molecular complexity index is 835. The number of thiazole rings is 1. The summed E-state index contributed by atoms with van der Waals surface area (Å²) in [5.74, 6) is 0. The molecule has 0 radical (unpaired) electrons. The summed E-state index contributed by atoms with van der Waals surface area (Å²) in [6.45, 7) is 2.02. The van der Waals surface area contributed by atoms with Crippen molar-refractivity contribution in [1.82, 2.24) is 14.8 Å². The van der Waals surface area contributed by atoms with Gasteiger partial charge in [-0.15, -0.1) is 11.3 Å². The maximum absolute atomic E-state index is 5.88. The first-order chi connectivity index (χ1) is 11.2. The molecule has 0 saturated heterocycles. The maximum Gasteiger partial charge on any atom is 0.0801 e. The van der Waals surface area contributed by atoms with Crippen LogP contribution in [0.5, 0.6) is 0 Å². The highest BCUT2D eigenvalue weighted by molar-refractivity contribution is 7.97. The van der Waals surface area contributed by atoms with Crippen LogP contribution < -0.4 is 10.5 Å². The van der Waals surface area contributed by atoms with Crippen LogP contribution >= 0.6 is 23.3 Å². The predicted octanol–water partition coefficient (Wildman–Crippen LogP) is 4.36. The molecule has 1 aliphatic carbocycles. The Morgan fingerprint density at radius 2 is 2.22 bits per heavy atom. The molecule has 0 unspecified atom stereocenters. The summed E-state index contributed by atoms with van der Waals surface area (Å²) in [5, 5.41) is 13.7. The number of aryl methyl sites for hydroxylation is 1. The maximum atomic E-state index is 5.88. The highest BCUT2D eigenvalue weighted by atomic mass is 32.2. The van der Waals surface area contributed by atoms with Gasteiger partial charge in [0.1, 0.15) is 0 Å². The second-order valence-corrected chi connectivity index (χ2v) is 7.19. The van der Waals surface area contributed by atoms with E-state index in [1.165, 1.54) is 29.7 Å². The van der Waals surface area contributed by atoms with Crippen LogP contribution in [0.2, 0.25) is 0 Å². The number of hydrogen-bond donors (Lipinski definition) is 2. The van der Waals surface area contributed by atoms with E-state index in [1.54, 1.807) is 11.3 Å². The Morgan fingerprint density at radius 3 is 2.91 bits per heavy atom. The first-order valence-corrected chi connectivity index (χ1v) is 9.23. The van der Waals surface area contributed by atoms with E-state index in [1.807, 2.05) is 23.3 Å². The van der Waals surface area contributed by atoms with Gasteiger partial charge in [-0.1, -0.05) is 6.07 Å². The zero-order chi connectivity index (χ0) is 15.8. The van der Waals surface area contributed by atoms with Crippen molar-refractivity contribution < 1.29 is 0 Å². The van der Waals surface area contributed by atoms with Crippen LogP contribution in [0.15, 0.2) is 41.0 Å². The topological polar surface area (TPSA) is 68.8 Å². The smallest absolute Gasteiger partial charge is 0.0801 e. The van der Waals surface area contributed by atoms with Crippen molar-refractivity contribution in [2.24, 2.45) is 5.14 Å². The molecule has 0 aliphatic heterocycles. The molecule has 1 fully saturated rings. The number of anilines is 2. The predicted molar refractivity (Wildman–Crippen MR) is 96.1 cm³/mol. The molecule has 1 aliphatic rings. The van der Waals surface area contributed by atoms with Crippen LogP contribution in [0.25, 0.3) is 10.4 Å². The fourth-order valence-corrected chi connectivity index (χ4v) is 3.95. The Labute approximate surface area is 143 Å². The summed E-state index contributed by atoms with van der Waals surface area (Å²) >= 11 is 2.91. The van der Waals surface area contributed by atoms with Gasteiger partial charge < -0.3 is 5.32 Å². The molecule has 3 aromatic rings. The minimum absolute atomic E-state index is 0.595. The van der Waals surface area contributed by atoms with Gasteiger partial charge in [0.05, 0.1) is 34.0 Å². The van der Waals surface area contributed by atoms with E-state index in [9.17, 15) is 0 Å². The van der Waals surface area contributed by atoms with Gasteiger partial charge in [-0.3, -0.25) is 9.82 Å². The Hall–Kier alpha value is -1.83. The van der Waals surface area contributed by atoms with Crippen molar-refractivity contribution in [1.29, 1.82) is 0 Å². The van der Waals surface area contributed by atoms with E-state index in [2.05, 4.69) is 39.8 Å². The Kier molecular flexibility index (Phi) is 3.84. The SMILES string of the molecule is Cc1ncsc1-c1ccc(Nc2cnn(C3CC3)c2)cc1SN. The highest BCUT2D eigenvalue weighted by Crippen LogP contribution is 2.37. The van der Waals surface area contributed by atoms with Crippen molar-refractivity contribution >= 4 is 34.7 Å². The third-order valence-corrected chi connectivity index (χ3v) is 5.46. The van der Waals surface area contributed by atoms with E-state index in [0.29, 0.717) is 6.04 Å². The second-order valence-electron chi connectivity index (χ2n) is 5.66. The summed E-state index contributed by atoms with van der Waals surface area (Å²) in [7, 11) is 0. The summed E-state index contributed by atoms with van der Waals surface area (Å²) < 4.78 is 2.04. The number of rotatable bonds is 5. The van der Waals surface area contributed by atoms with Gasteiger partial charge in [0.25, 0.3) is 0 Å². The van der Waals surface area contributed by atoms with Crippen LogP contribution in [0.4, 0.5) is 11.4 Å². The number of benzene rings is 1. The van der Waals surface area contributed by atoms with Crippen LogP contribution in [-0.2, 0) is 0 Å². The minimum atomic E-state index is 0.595. The highest BCUT2D eigenvalue weighted by Gasteiger charge is 2.24. The molecule has 1 saturated carbocycles. The van der Waals surface area contributed by atoms with Crippen molar-refractivity contribution in [2.75, 3.05) is 5.32 Å². The second kappa shape index (κ2) is 5.99. The third kappa shape index (κ3) is 2.99. The molecular weight excluding hydrogens is 326 g/mol. The van der Waals surface area contributed by atoms with Crippen LogP contribution in [-0.4, -0.2) is 14.8 Å². The number of aromatic nitrogens is 3. The van der Waals surface area contributed by atoms with Crippen molar-refractivity contribution in [2.45, 2.75) is 30.7 Å². The molecule has 5 nitrogen and oxygen atoms in total. The van der Waals surface area contributed by atoms with Gasteiger partial charge in [0.15, 0.2) is 0 Å². The average molecular weight is 343 g/mol. The summed E-state index contributed by atoms with van der Waals surface area (Å²) in [6.07, 6.45) is 6.40. The molecule has 0 amide bonds. The molecule has 0 spiro atoms. The van der Waals surface area contributed by atoms with Gasteiger partial charge in [0.2, 0.25) is 0 Å². The van der Waals surface area contributed by atoms with Crippen molar-refractivity contribution in [3.05, 3.63) is 41.8 Å². The molecule has 4 rings (SSSR count). The lowest BCUT2D eigenvalue weighted by molar-refractivity contribution is 0.642. The zero-order valence-electron chi connectivity index (χ0n) is 12.7. The van der Waals surface area contributed by atoms with Crippen LogP contribution in [0.1, 0.15) is 24.6 Å². The quantitative estimate of drug-likeness (QED) is 0.674. The fraction of sp³-hybridized carbons (Fsp3) is 0.250. The molecule has 2 aromatic heterocycles. The molecule has 23 heavy (non-hydrogen) atoms. The Morgan fingerprint density at radius 1 is 1.35 bits per heavy atom. The lowest BCUT2D eigenvalue weighted by Crippen LogP contribution is -1.94. The Balaban J connectivity index is 1.60. The first-order valence-electron chi connectivity index (χ1n) is 7.47. The van der Waals surface area contributed by atoms with Gasteiger partial charge in [0, 0.05) is 22.3 Å². The molecule has 0 bridgehead atoms. The van der Waals surface area contributed by atoms with E-state index < -0.39 is 0 Å². The molecule has 0 atom stereocenters. The number of hydrogen-bond acceptors (Lipinski definition) is 6. The molecule has 3 N–H and O–H groups in total.